The second-order valence-electron chi connectivity index (χ2n) is 8.48. The van der Waals surface area contributed by atoms with Crippen molar-refractivity contribution in [3.8, 4) is 0 Å². The van der Waals surface area contributed by atoms with Crippen LogP contribution in [0.3, 0.4) is 0 Å². The van der Waals surface area contributed by atoms with E-state index in [2.05, 4.69) is 67.4 Å². The monoisotopic (exact) mass is 329 g/mol. The lowest BCUT2D eigenvalue weighted by molar-refractivity contribution is 0.131. The van der Waals surface area contributed by atoms with Crippen LogP contribution in [0.15, 0.2) is 60.7 Å². The Labute approximate surface area is 151 Å². The number of hydrogen-bond donors (Lipinski definition) is 1. The lowest BCUT2D eigenvalue weighted by Crippen LogP contribution is -2.37. The van der Waals surface area contributed by atoms with Gasteiger partial charge in [-0.05, 0) is 66.7 Å². The van der Waals surface area contributed by atoms with Gasteiger partial charge in [-0.2, -0.15) is 0 Å². The molecule has 0 saturated heterocycles. The van der Waals surface area contributed by atoms with Crippen molar-refractivity contribution in [3.63, 3.8) is 0 Å². The van der Waals surface area contributed by atoms with Gasteiger partial charge in [-0.1, -0.05) is 60.7 Å². The summed E-state index contributed by atoms with van der Waals surface area (Å²) in [5.74, 6) is 1.47. The summed E-state index contributed by atoms with van der Waals surface area (Å²) in [7, 11) is 0. The van der Waals surface area contributed by atoms with Crippen LogP contribution in [0.2, 0.25) is 0 Å². The largest absolute Gasteiger partial charge is 0.305 e. The Hall–Kier alpha value is -1.86. The molecule has 1 spiro atoms. The lowest BCUT2D eigenvalue weighted by Gasteiger charge is -2.41. The zero-order valence-electron chi connectivity index (χ0n) is 15.1. The standard InChI is InChI=1S/C24H27N/c1-16-7-6-10-20-21-12-11-19-14-24(21,13-17(19)2)23(22(16)20)25-15-18-8-4-3-5-9-18/h3-10,19,21,23,25H,2,11-15H2,1H3/t19-,21+,23+,24+/m1/s1. The van der Waals surface area contributed by atoms with Gasteiger partial charge in [-0.25, -0.2) is 0 Å². The van der Waals surface area contributed by atoms with E-state index in [9.17, 15) is 0 Å². The van der Waals surface area contributed by atoms with Crippen molar-refractivity contribution in [1.29, 1.82) is 0 Å². The van der Waals surface area contributed by atoms with Crippen LogP contribution in [0, 0.1) is 18.3 Å². The maximum atomic E-state index is 4.46. The van der Waals surface area contributed by atoms with Crippen LogP contribution in [-0.2, 0) is 6.54 Å². The van der Waals surface area contributed by atoms with Crippen LogP contribution in [0.1, 0.15) is 59.9 Å². The highest BCUT2D eigenvalue weighted by molar-refractivity contribution is 5.49. The molecule has 5 rings (SSSR count). The number of hydrogen-bond acceptors (Lipinski definition) is 1. The Morgan fingerprint density at radius 1 is 1.08 bits per heavy atom. The van der Waals surface area contributed by atoms with E-state index in [4.69, 9.17) is 0 Å². The normalized spacial score (nSPS) is 32.5. The van der Waals surface area contributed by atoms with Crippen molar-refractivity contribution in [1.82, 2.24) is 5.32 Å². The first kappa shape index (κ1) is 15.4. The minimum atomic E-state index is 0.364. The summed E-state index contributed by atoms with van der Waals surface area (Å²) >= 11 is 0. The molecule has 1 heteroatoms. The quantitative estimate of drug-likeness (QED) is 0.715. The third-order valence-corrected chi connectivity index (χ3v) is 7.21. The molecule has 0 radical (unpaired) electrons. The zero-order valence-corrected chi connectivity index (χ0v) is 15.1. The Bertz CT molecular complexity index is 821. The molecule has 3 aliphatic carbocycles. The third kappa shape index (κ3) is 2.18. The molecule has 25 heavy (non-hydrogen) atoms. The van der Waals surface area contributed by atoms with E-state index < -0.39 is 0 Å². The maximum Gasteiger partial charge on any atom is 0.0394 e. The Kier molecular flexibility index (Phi) is 3.43. The number of fused-ring (bicyclic) bond motifs is 3. The minimum Gasteiger partial charge on any atom is -0.305 e. The van der Waals surface area contributed by atoms with Crippen LogP contribution in [0.25, 0.3) is 0 Å². The van der Waals surface area contributed by atoms with Crippen molar-refractivity contribution in [2.45, 2.75) is 51.1 Å². The first-order valence-electron chi connectivity index (χ1n) is 9.73. The molecular formula is C24H27N. The molecule has 2 aromatic rings. The summed E-state index contributed by atoms with van der Waals surface area (Å²) in [4.78, 5) is 0. The summed E-state index contributed by atoms with van der Waals surface area (Å²) in [5, 5.41) is 3.99. The number of benzene rings is 2. The topological polar surface area (TPSA) is 12.0 Å². The van der Waals surface area contributed by atoms with E-state index >= 15 is 0 Å². The lowest BCUT2D eigenvalue weighted by atomic mass is 9.66. The van der Waals surface area contributed by atoms with Crippen LogP contribution < -0.4 is 5.32 Å². The average Bonchev–Trinajstić information content (AvgIpc) is 3.05. The van der Waals surface area contributed by atoms with Gasteiger partial charge in [0.25, 0.3) is 0 Å². The van der Waals surface area contributed by atoms with Crippen molar-refractivity contribution in [2.24, 2.45) is 11.3 Å². The predicted molar refractivity (Wildman–Crippen MR) is 103 cm³/mol. The summed E-state index contributed by atoms with van der Waals surface area (Å²) in [6.45, 7) is 7.71. The SMILES string of the molecule is C=C1C[C@]23C[C@H]1CC[C@H]2c1cccc(C)c1[C@@H]3NCc1ccccc1. The summed E-state index contributed by atoms with van der Waals surface area (Å²) in [6, 6.07) is 18.3. The summed E-state index contributed by atoms with van der Waals surface area (Å²) in [5.41, 5.74) is 7.93. The van der Waals surface area contributed by atoms with Crippen molar-refractivity contribution in [3.05, 3.63) is 82.9 Å². The number of allylic oxidation sites excluding steroid dienone is 1. The molecule has 128 valence electrons. The number of rotatable bonds is 3. The molecule has 1 N–H and O–H groups in total. The molecule has 2 saturated carbocycles. The molecule has 2 fully saturated rings. The van der Waals surface area contributed by atoms with Crippen LogP contribution in [-0.4, -0.2) is 0 Å². The van der Waals surface area contributed by atoms with E-state index in [0.29, 0.717) is 17.4 Å². The average molecular weight is 329 g/mol. The highest BCUT2D eigenvalue weighted by Gasteiger charge is 2.59. The van der Waals surface area contributed by atoms with Gasteiger partial charge in [0.1, 0.15) is 0 Å². The van der Waals surface area contributed by atoms with Crippen LogP contribution in [0.5, 0.6) is 0 Å². The van der Waals surface area contributed by atoms with Crippen LogP contribution in [0.4, 0.5) is 0 Å². The van der Waals surface area contributed by atoms with Gasteiger partial charge in [0.15, 0.2) is 0 Å². The summed E-state index contributed by atoms with van der Waals surface area (Å²) < 4.78 is 0. The smallest absolute Gasteiger partial charge is 0.0394 e. The maximum absolute atomic E-state index is 4.46. The van der Waals surface area contributed by atoms with E-state index in [0.717, 1.165) is 12.5 Å². The van der Waals surface area contributed by atoms with Gasteiger partial charge in [0, 0.05) is 18.0 Å². The fourth-order valence-electron chi connectivity index (χ4n) is 6.17. The van der Waals surface area contributed by atoms with Gasteiger partial charge in [0.05, 0.1) is 0 Å². The predicted octanol–water partition coefficient (Wildman–Crippen LogP) is 5.67. The third-order valence-electron chi connectivity index (χ3n) is 7.21. The first-order chi connectivity index (χ1) is 12.2. The zero-order chi connectivity index (χ0) is 17.0. The van der Waals surface area contributed by atoms with Gasteiger partial charge in [-0.3, -0.25) is 0 Å². The molecular weight excluding hydrogens is 302 g/mol. The van der Waals surface area contributed by atoms with E-state index in [-0.39, 0.29) is 0 Å². The van der Waals surface area contributed by atoms with E-state index in [1.54, 1.807) is 11.1 Å². The molecule has 0 amide bonds. The summed E-state index contributed by atoms with van der Waals surface area (Å²) in [6.07, 6.45) is 5.22. The molecule has 2 bridgehead atoms. The van der Waals surface area contributed by atoms with Gasteiger partial charge in [0.2, 0.25) is 0 Å². The highest BCUT2D eigenvalue weighted by Crippen LogP contribution is 2.69. The Balaban J connectivity index is 1.56. The highest BCUT2D eigenvalue weighted by atomic mass is 15.0. The first-order valence-corrected chi connectivity index (χ1v) is 9.73. The molecule has 4 atom stereocenters. The molecule has 2 aromatic carbocycles. The second kappa shape index (κ2) is 5.57. The molecule has 0 unspecified atom stereocenters. The van der Waals surface area contributed by atoms with Gasteiger partial charge >= 0.3 is 0 Å². The molecule has 1 nitrogen and oxygen atoms in total. The molecule has 0 heterocycles. The molecule has 0 aromatic heterocycles. The second-order valence-corrected chi connectivity index (χ2v) is 8.48. The van der Waals surface area contributed by atoms with Gasteiger partial charge < -0.3 is 5.32 Å². The Morgan fingerprint density at radius 3 is 2.76 bits per heavy atom. The van der Waals surface area contributed by atoms with Crippen molar-refractivity contribution in [2.75, 3.05) is 0 Å². The van der Waals surface area contributed by atoms with Crippen molar-refractivity contribution >= 4 is 0 Å². The van der Waals surface area contributed by atoms with E-state index in [1.165, 1.54) is 42.4 Å². The fourth-order valence-corrected chi connectivity index (χ4v) is 6.17. The molecule has 0 aliphatic heterocycles. The number of aryl methyl sites for hydroxylation is 1. The minimum absolute atomic E-state index is 0.364. The van der Waals surface area contributed by atoms with Crippen LogP contribution >= 0.6 is 0 Å². The van der Waals surface area contributed by atoms with Crippen molar-refractivity contribution < 1.29 is 0 Å². The molecule has 3 aliphatic rings. The number of nitrogens with one attached hydrogen (secondary N) is 1. The fraction of sp³-hybridized carbons (Fsp3) is 0.417. The van der Waals surface area contributed by atoms with Gasteiger partial charge in [-0.15, -0.1) is 0 Å². The van der Waals surface area contributed by atoms with E-state index in [1.807, 2.05) is 0 Å². The Morgan fingerprint density at radius 2 is 1.92 bits per heavy atom.